The molecule has 0 fully saturated rings. The Labute approximate surface area is 164 Å². The average Bonchev–Trinajstić information content (AvgIpc) is 3.00. The molecule has 2 aromatic rings. The van der Waals surface area contributed by atoms with E-state index in [1.165, 1.54) is 0 Å². The van der Waals surface area contributed by atoms with Gasteiger partial charge in [0.2, 0.25) is 0 Å². The van der Waals surface area contributed by atoms with Gasteiger partial charge in [0, 0.05) is 18.4 Å². The highest BCUT2D eigenvalue weighted by molar-refractivity contribution is 5.79. The van der Waals surface area contributed by atoms with E-state index in [1.807, 2.05) is 36.4 Å². The molecule has 0 heterocycles. The number of terminal acetylenes is 1. The third-order valence-electron chi connectivity index (χ3n) is 4.96. The van der Waals surface area contributed by atoms with Gasteiger partial charge in [-0.05, 0) is 35.1 Å². The van der Waals surface area contributed by atoms with Gasteiger partial charge in [0.15, 0.2) is 0 Å². The number of ether oxygens (including phenoxy) is 1. The molecule has 2 N–H and O–H groups in total. The number of nitrogens with one attached hydrogen (secondary N) is 1. The summed E-state index contributed by atoms with van der Waals surface area (Å²) in [6.45, 7) is 0.198. The summed E-state index contributed by atoms with van der Waals surface area (Å²) in [5.41, 5.74) is 4.58. The molecular formula is C23H23NO4. The van der Waals surface area contributed by atoms with E-state index >= 15 is 0 Å². The van der Waals surface area contributed by atoms with Crippen LogP contribution in [0.15, 0.2) is 48.5 Å². The number of carbonyl (C=O) groups is 2. The van der Waals surface area contributed by atoms with Gasteiger partial charge in [0.05, 0.1) is 6.42 Å². The number of fused-ring (bicyclic) bond motifs is 3. The summed E-state index contributed by atoms with van der Waals surface area (Å²) < 4.78 is 5.47. The second kappa shape index (κ2) is 9.09. The number of carboxylic acid groups (broad SMARTS) is 1. The van der Waals surface area contributed by atoms with Crippen LogP contribution in [0.4, 0.5) is 4.79 Å². The molecule has 0 radical (unpaired) electrons. The molecule has 3 rings (SSSR count). The summed E-state index contributed by atoms with van der Waals surface area (Å²) in [5.74, 6) is 1.52. The molecule has 0 saturated heterocycles. The van der Waals surface area contributed by atoms with E-state index in [4.69, 9.17) is 16.3 Å². The molecule has 0 aromatic heterocycles. The van der Waals surface area contributed by atoms with Crippen LogP contribution >= 0.6 is 0 Å². The molecule has 0 saturated carbocycles. The van der Waals surface area contributed by atoms with E-state index in [0.29, 0.717) is 19.3 Å². The van der Waals surface area contributed by atoms with Crippen molar-refractivity contribution in [3.8, 4) is 23.5 Å². The normalized spacial score (nSPS) is 13.1. The fourth-order valence-electron chi connectivity index (χ4n) is 3.69. The van der Waals surface area contributed by atoms with E-state index in [1.54, 1.807) is 0 Å². The Bertz CT molecular complexity index is 854. The maximum absolute atomic E-state index is 12.3. The molecule has 144 valence electrons. The molecule has 0 unspecified atom stereocenters. The van der Waals surface area contributed by atoms with Crippen LogP contribution in [0.2, 0.25) is 0 Å². The topological polar surface area (TPSA) is 75.6 Å². The van der Waals surface area contributed by atoms with Crippen LogP contribution in [0.25, 0.3) is 11.1 Å². The largest absolute Gasteiger partial charge is 0.481 e. The van der Waals surface area contributed by atoms with Gasteiger partial charge < -0.3 is 15.2 Å². The number of unbranched alkanes of at least 4 members (excludes halogenated alkanes) is 1. The second-order valence-electron chi connectivity index (χ2n) is 6.86. The van der Waals surface area contributed by atoms with E-state index in [2.05, 4.69) is 23.4 Å². The van der Waals surface area contributed by atoms with Crippen LogP contribution in [0.1, 0.15) is 42.7 Å². The molecule has 0 spiro atoms. The molecule has 2 aromatic carbocycles. The monoisotopic (exact) mass is 377 g/mol. The minimum absolute atomic E-state index is 0.0301. The molecule has 1 aliphatic rings. The van der Waals surface area contributed by atoms with Gasteiger partial charge in [0.1, 0.15) is 6.61 Å². The molecule has 1 aliphatic carbocycles. The summed E-state index contributed by atoms with van der Waals surface area (Å²) in [7, 11) is 0. The predicted molar refractivity (Wildman–Crippen MR) is 107 cm³/mol. The highest BCUT2D eigenvalue weighted by Gasteiger charge is 2.29. The molecule has 5 heteroatoms. The molecule has 0 aliphatic heterocycles. The summed E-state index contributed by atoms with van der Waals surface area (Å²) in [6.07, 6.45) is 6.17. The van der Waals surface area contributed by atoms with Crippen molar-refractivity contribution in [3.05, 3.63) is 59.7 Å². The van der Waals surface area contributed by atoms with Crippen molar-refractivity contribution in [2.45, 2.75) is 37.6 Å². The Kier molecular flexibility index (Phi) is 6.33. The van der Waals surface area contributed by atoms with E-state index < -0.39 is 18.1 Å². The van der Waals surface area contributed by atoms with Crippen molar-refractivity contribution < 1.29 is 19.4 Å². The second-order valence-corrected chi connectivity index (χ2v) is 6.86. The first-order valence-electron chi connectivity index (χ1n) is 9.37. The van der Waals surface area contributed by atoms with E-state index in [9.17, 15) is 9.59 Å². The summed E-state index contributed by atoms with van der Waals surface area (Å²) >= 11 is 0. The number of hydrogen-bond donors (Lipinski definition) is 2. The van der Waals surface area contributed by atoms with Gasteiger partial charge >= 0.3 is 12.1 Å². The van der Waals surface area contributed by atoms with Gasteiger partial charge in [-0.3, -0.25) is 4.79 Å². The van der Waals surface area contributed by atoms with E-state index in [-0.39, 0.29) is 18.9 Å². The van der Waals surface area contributed by atoms with Crippen LogP contribution < -0.4 is 5.32 Å². The van der Waals surface area contributed by atoms with Crippen LogP contribution in [0, 0.1) is 12.3 Å². The SMILES string of the molecule is C#CCCC[C@H](CC(=O)O)NC(=O)OCC1c2ccccc2-c2ccccc21. The van der Waals surface area contributed by atoms with Gasteiger partial charge in [-0.25, -0.2) is 4.79 Å². The number of amides is 1. The van der Waals surface area contributed by atoms with Crippen molar-refractivity contribution in [1.82, 2.24) is 5.32 Å². The van der Waals surface area contributed by atoms with Crippen molar-refractivity contribution in [2.75, 3.05) is 6.61 Å². The smallest absolute Gasteiger partial charge is 0.407 e. The summed E-state index contributed by atoms with van der Waals surface area (Å²) in [4.78, 5) is 23.3. The molecule has 1 amide bonds. The zero-order valence-corrected chi connectivity index (χ0v) is 15.6. The van der Waals surface area contributed by atoms with Crippen molar-refractivity contribution in [2.24, 2.45) is 0 Å². The van der Waals surface area contributed by atoms with Crippen molar-refractivity contribution in [3.63, 3.8) is 0 Å². The molecule has 1 atom stereocenters. The van der Waals surface area contributed by atoms with Gasteiger partial charge in [0.25, 0.3) is 0 Å². The lowest BCUT2D eigenvalue weighted by Gasteiger charge is -2.18. The molecule has 0 bridgehead atoms. The standard InChI is InChI=1S/C23H23NO4/c1-2-3-4-9-16(14-22(25)26)24-23(27)28-15-21-19-12-7-5-10-17(19)18-11-6-8-13-20(18)21/h1,5-8,10-13,16,21H,3-4,9,14-15H2,(H,24,27)(H,25,26)/t16-/m1/s1. The number of hydrogen-bond acceptors (Lipinski definition) is 3. The van der Waals surface area contributed by atoms with Crippen molar-refractivity contribution in [1.29, 1.82) is 0 Å². The van der Waals surface area contributed by atoms with Crippen LogP contribution in [0.3, 0.4) is 0 Å². The van der Waals surface area contributed by atoms with Gasteiger partial charge in [-0.2, -0.15) is 0 Å². The molecule has 28 heavy (non-hydrogen) atoms. The maximum atomic E-state index is 12.3. The van der Waals surface area contributed by atoms with Crippen molar-refractivity contribution >= 4 is 12.1 Å². The molecule has 5 nitrogen and oxygen atoms in total. The zero-order chi connectivity index (χ0) is 19.9. The number of carboxylic acids is 1. The first-order valence-corrected chi connectivity index (χ1v) is 9.37. The molecular weight excluding hydrogens is 354 g/mol. The summed E-state index contributed by atoms with van der Waals surface area (Å²) in [6, 6.07) is 15.7. The first-order chi connectivity index (χ1) is 13.6. The van der Waals surface area contributed by atoms with Gasteiger partial charge in [-0.15, -0.1) is 12.3 Å². The Morgan fingerprint density at radius 2 is 1.71 bits per heavy atom. The number of alkyl carbamates (subject to hydrolysis) is 1. The predicted octanol–water partition coefficient (Wildman–Crippen LogP) is 4.17. The van der Waals surface area contributed by atoms with Crippen LogP contribution in [-0.2, 0) is 9.53 Å². The quantitative estimate of drug-likeness (QED) is 0.535. The fourth-order valence-corrected chi connectivity index (χ4v) is 3.69. The Morgan fingerprint density at radius 1 is 1.11 bits per heavy atom. The lowest BCUT2D eigenvalue weighted by atomic mass is 9.98. The van der Waals surface area contributed by atoms with E-state index in [0.717, 1.165) is 22.3 Å². The Hall–Kier alpha value is -3.26. The Morgan fingerprint density at radius 3 is 2.29 bits per heavy atom. The highest BCUT2D eigenvalue weighted by atomic mass is 16.5. The zero-order valence-electron chi connectivity index (χ0n) is 15.6. The lowest BCUT2D eigenvalue weighted by Crippen LogP contribution is -2.37. The van der Waals surface area contributed by atoms with Gasteiger partial charge in [-0.1, -0.05) is 48.5 Å². The number of aliphatic carboxylic acids is 1. The fraction of sp³-hybridized carbons (Fsp3) is 0.304. The van der Waals surface area contributed by atoms with Crippen LogP contribution in [0.5, 0.6) is 0 Å². The minimum Gasteiger partial charge on any atom is -0.481 e. The highest BCUT2D eigenvalue weighted by Crippen LogP contribution is 2.44. The number of carbonyl (C=O) groups excluding carboxylic acids is 1. The maximum Gasteiger partial charge on any atom is 0.407 e. The third kappa shape index (κ3) is 4.52. The van der Waals surface area contributed by atoms with Crippen LogP contribution in [-0.4, -0.2) is 29.8 Å². The average molecular weight is 377 g/mol. The first kappa shape index (κ1) is 19.5. The third-order valence-corrected chi connectivity index (χ3v) is 4.96. The number of benzene rings is 2. The minimum atomic E-state index is -0.968. The lowest BCUT2D eigenvalue weighted by molar-refractivity contribution is -0.137. The Balaban J connectivity index is 1.64. The summed E-state index contributed by atoms with van der Waals surface area (Å²) in [5, 5.41) is 11.7. The number of rotatable bonds is 8.